The van der Waals surface area contributed by atoms with Gasteiger partial charge in [-0.3, -0.25) is 4.79 Å². The molecule has 1 N–H and O–H groups in total. The molecule has 0 bridgehead atoms. The molecule has 7 heteroatoms. The summed E-state index contributed by atoms with van der Waals surface area (Å²) >= 11 is 3.36. The Morgan fingerprint density at radius 1 is 0.941 bits per heavy atom. The maximum absolute atomic E-state index is 13.5. The van der Waals surface area contributed by atoms with Gasteiger partial charge in [-0.1, -0.05) is 43.7 Å². The summed E-state index contributed by atoms with van der Waals surface area (Å²) in [5.74, 6) is -0.0566. The van der Waals surface area contributed by atoms with Crippen LogP contribution in [0, 0.1) is 6.92 Å². The van der Waals surface area contributed by atoms with Crippen molar-refractivity contribution in [3.8, 4) is 0 Å². The van der Waals surface area contributed by atoms with Gasteiger partial charge in [0.2, 0.25) is 5.91 Å². The van der Waals surface area contributed by atoms with E-state index in [0.717, 1.165) is 33.9 Å². The van der Waals surface area contributed by atoms with Crippen molar-refractivity contribution in [1.29, 1.82) is 0 Å². The first-order valence-corrected chi connectivity index (χ1v) is 13.6. The highest BCUT2D eigenvalue weighted by Gasteiger charge is 2.22. The highest BCUT2D eigenvalue weighted by molar-refractivity contribution is 7.98. The summed E-state index contributed by atoms with van der Waals surface area (Å²) < 4.78 is 0. The van der Waals surface area contributed by atoms with E-state index in [4.69, 9.17) is 0 Å². The van der Waals surface area contributed by atoms with Gasteiger partial charge >= 0.3 is 6.03 Å². The topological polar surface area (TPSA) is 52.7 Å². The number of thiophene rings is 1. The molecule has 0 aliphatic carbocycles. The zero-order valence-corrected chi connectivity index (χ0v) is 21.8. The summed E-state index contributed by atoms with van der Waals surface area (Å²) in [6.45, 7) is 5.78. The van der Waals surface area contributed by atoms with E-state index in [1.807, 2.05) is 65.8 Å². The lowest BCUT2D eigenvalue weighted by Crippen LogP contribution is -2.44. The van der Waals surface area contributed by atoms with Crippen LogP contribution in [-0.2, 0) is 17.9 Å². The van der Waals surface area contributed by atoms with E-state index < -0.39 is 0 Å². The molecule has 1 aromatic heterocycles. The molecule has 0 saturated carbocycles. The summed E-state index contributed by atoms with van der Waals surface area (Å²) in [5.41, 5.74) is 1.80. The lowest BCUT2D eigenvalue weighted by molar-refractivity contribution is -0.133. The third-order valence-corrected chi connectivity index (χ3v) is 7.18. The average Bonchev–Trinajstić information content (AvgIpc) is 3.26. The molecule has 180 valence electrons. The quantitative estimate of drug-likeness (QED) is 0.303. The molecule has 2 aromatic carbocycles. The monoisotopic (exact) mass is 495 g/mol. The molecule has 3 rings (SSSR count). The smallest absolute Gasteiger partial charge is 0.322 e. The maximum Gasteiger partial charge on any atom is 0.322 e. The number of nitrogens with one attached hydrogen (secondary N) is 1. The third kappa shape index (κ3) is 7.92. The number of rotatable bonds is 11. The van der Waals surface area contributed by atoms with Crippen molar-refractivity contribution < 1.29 is 9.59 Å². The molecule has 34 heavy (non-hydrogen) atoms. The zero-order valence-electron chi connectivity index (χ0n) is 20.1. The molecular weight excluding hydrogens is 462 g/mol. The Hall–Kier alpha value is -2.77. The van der Waals surface area contributed by atoms with Crippen molar-refractivity contribution in [2.45, 2.75) is 44.7 Å². The number of hydrogen-bond acceptors (Lipinski definition) is 4. The standard InChI is InChI=1S/C27H33N3O2S2/c1-4-5-17-29(27(32)28-23-12-15-24(33-3)16-13-23)20-26(31)30(18-22-9-7-6-8-10-22)19-25-14-11-21(2)34-25/h6-16H,4-5,17-20H2,1-3H3,(H,28,32). The van der Waals surface area contributed by atoms with Crippen LogP contribution >= 0.6 is 23.1 Å². The average molecular weight is 496 g/mol. The lowest BCUT2D eigenvalue weighted by Gasteiger charge is -2.28. The summed E-state index contributed by atoms with van der Waals surface area (Å²) in [4.78, 5) is 33.5. The van der Waals surface area contributed by atoms with E-state index >= 15 is 0 Å². The minimum absolute atomic E-state index is 0.0475. The Kier molecular flexibility index (Phi) is 10.0. The highest BCUT2D eigenvalue weighted by Crippen LogP contribution is 2.20. The third-order valence-electron chi connectivity index (χ3n) is 5.45. The first-order valence-electron chi connectivity index (χ1n) is 11.6. The van der Waals surface area contributed by atoms with Crippen molar-refractivity contribution in [1.82, 2.24) is 9.80 Å². The van der Waals surface area contributed by atoms with E-state index in [1.165, 1.54) is 4.88 Å². The molecular formula is C27H33N3O2S2. The number of amides is 3. The predicted octanol–water partition coefficient (Wildman–Crippen LogP) is 6.64. The minimum atomic E-state index is -0.245. The van der Waals surface area contributed by atoms with Crippen LogP contribution < -0.4 is 5.32 Å². The number of thioether (sulfide) groups is 1. The van der Waals surface area contributed by atoms with Gasteiger partial charge in [0.05, 0.1) is 6.54 Å². The molecule has 0 unspecified atom stereocenters. The number of hydrogen-bond donors (Lipinski definition) is 1. The number of anilines is 1. The Bertz CT molecular complexity index is 1050. The second-order valence-corrected chi connectivity index (χ2v) is 10.4. The van der Waals surface area contributed by atoms with Crippen molar-refractivity contribution in [2.75, 3.05) is 24.7 Å². The SMILES string of the molecule is CCCCN(CC(=O)N(Cc1ccccc1)Cc1ccc(C)s1)C(=O)Nc1ccc(SC)cc1. The molecule has 5 nitrogen and oxygen atoms in total. The van der Waals surface area contributed by atoms with Crippen molar-refractivity contribution in [3.05, 3.63) is 82.0 Å². The summed E-state index contributed by atoms with van der Waals surface area (Å²) in [5, 5.41) is 2.96. The first kappa shape index (κ1) is 25.8. The van der Waals surface area contributed by atoms with Crippen molar-refractivity contribution in [3.63, 3.8) is 0 Å². The normalized spacial score (nSPS) is 10.7. The van der Waals surface area contributed by atoms with Crippen LogP contribution in [0.1, 0.15) is 35.1 Å². The van der Waals surface area contributed by atoms with Crippen LogP contribution in [0.15, 0.2) is 71.6 Å². The first-order chi connectivity index (χ1) is 16.5. The van der Waals surface area contributed by atoms with Gasteiger partial charge in [-0.2, -0.15) is 0 Å². The van der Waals surface area contributed by atoms with Crippen LogP contribution in [0.5, 0.6) is 0 Å². The molecule has 3 aromatic rings. The second kappa shape index (κ2) is 13.2. The molecule has 0 fully saturated rings. The predicted molar refractivity (Wildman–Crippen MR) is 143 cm³/mol. The van der Waals surface area contributed by atoms with Crippen LogP contribution in [0.25, 0.3) is 0 Å². The maximum atomic E-state index is 13.5. The fraction of sp³-hybridized carbons (Fsp3) is 0.333. The number of nitrogens with zero attached hydrogens (tertiary/aromatic N) is 2. The number of carbonyl (C=O) groups is 2. The molecule has 3 amide bonds. The van der Waals surface area contributed by atoms with Crippen molar-refractivity contribution in [2.24, 2.45) is 0 Å². The Labute approximate surface area is 211 Å². The zero-order chi connectivity index (χ0) is 24.3. The molecule has 0 radical (unpaired) electrons. The molecule has 0 spiro atoms. The number of aryl methyl sites for hydroxylation is 1. The number of unbranched alkanes of at least 4 members (excludes halogenated alkanes) is 1. The van der Waals surface area contributed by atoms with Gasteiger partial charge in [0.15, 0.2) is 0 Å². The highest BCUT2D eigenvalue weighted by atomic mass is 32.2. The Morgan fingerprint density at radius 3 is 2.29 bits per heavy atom. The fourth-order valence-electron chi connectivity index (χ4n) is 3.54. The van der Waals surface area contributed by atoms with E-state index in [1.54, 1.807) is 28.0 Å². The van der Waals surface area contributed by atoms with Crippen LogP contribution in [0.2, 0.25) is 0 Å². The second-order valence-electron chi connectivity index (χ2n) is 8.18. The van der Waals surface area contributed by atoms with Gasteiger partial charge in [-0.15, -0.1) is 23.1 Å². The van der Waals surface area contributed by atoms with E-state index in [0.29, 0.717) is 19.6 Å². The van der Waals surface area contributed by atoms with Gasteiger partial charge in [0, 0.05) is 33.4 Å². The number of urea groups is 1. The van der Waals surface area contributed by atoms with Gasteiger partial charge in [-0.25, -0.2) is 4.79 Å². The van der Waals surface area contributed by atoms with E-state index in [9.17, 15) is 9.59 Å². The van der Waals surface area contributed by atoms with Crippen LogP contribution in [0.4, 0.5) is 10.5 Å². The van der Waals surface area contributed by atoms with E-state index in [2.05, 4.69) is 31.3 Å². The van der Waals surface area contributed by atoms with Gasteiger partial charge in [0.25, 0.3) is 0 Å². The van der Waals surface area contributed by atoms with Crippen LogP contribution in [-0.4, -0.2) is 41.1 Å². The lowest BCUT2D eigenvalue weighted by atomic mass is 10.2. The Balaban J connectivity index is 1.73. The van der Waals surface area contributed by atoms with Crippen LogP contribution in [0.3, 0.4) is 0 Å². The molecule has 0 saturated heterocycles. The Morgan fingerprint density at radius 2 is 1.68 bits per heavy atom. The van der Waals surface area contributed by atoms with E-state index in [-0.39, 0.29) is 18.5 Å². The summed E-state index contributed by atoms with van der Waals surface area (Å²) in [7, 11) is 0. The number of benzene rings is 2. The molecule has 0 aliphatic rings. The summed E-state index contributed by atoms with van der Waals surface area (Å²) in [6.07, 6.45) is 3.81. The van der Waals surface area contributed by atoms with Gasteiger partial charge in [0.1, 0.15) is 6.54 Å². The molecule has 0 atom stereocenters. The minimum Gasteiger partial charge on any atom is -0.332 e. The van der Waals surface area contributed by atoms with Crippen molar-refractivity contribution >= 4 is 40.7 Å². The molecule has 1 heterocycles. The molecule has 0 aliphatic heterocycles. The largest absolute Gasteiger partial charge is 0.332 e. The van der Waals surface area contributed by atoms with Gasteiger partial charge < -0.3 is 15.1 Å². The number of carbonyl (C=O) groups excluding carboxylic acids is 2. The fourth-order valence-corrected chi connectivity index (χ4v) is 4.85. The van der Waals surface area contributed by atoms with Gasteiger partial charge in [-0.05, 0) is 61.6 Å². The summed E-state index contributed by atoms with van der Waals surface area (Å²) in [6, 6.07) is 21.6.